The van der Waals surface area contributed by atoms with Gasteiger partial charge in [0.05, 0.1) is 16.3 Å². The molecule has 4 nitrogen and oxygen atoms in total. The van der Waals surface area contributed by atoms with Crippen LogP contribution in [-0.4, -0.2) is 28.3 Å². The van der Waals surface area contributed by atoms with Crippen LogP contribution in [0, 0.1) is 0 Å². The van der Waals surface area contributed by atoms with Crippen molar-refractivity contribution in [2.24, 2.45) is 0 Å². The lowest BCUT2D eigenvalue weighted by Gasteiger charge is -2.20. The average molecular weight is 228 g/mol. The van der Waals surface area contributed by atoms with E-state index in [1.165, 1.54) is 6.07 Å². The van der Waals surface area contributed by atoms with E-state index >= 15 is 0 Å². The molecule has 1 aromatic carbocycles. The van der Waals surface area contributed by atoms with Gasteiger partial charge in [0, 0.05) is 19.8 Å². The number of hydrogen-bond donors (Lipinski definition) is 1. The Balaban J connectivity index is 3.36. The molecule has 15 heavy (non-hydrogen) atoms. The van der Waals surface area contributed by atoms with E-state index in [0.29, 0.717) is 5.69 Å². The first-order chi connectivity index (χ1) is 6.88. The number of nitrogen functional groups attached to an aromatic ring is 1. The fourth-order valence-electron chi connectivity index (χ4n) is 1.36. The lowest BCUT2D eigenvalue weighted by molar-refractivity contribution is 0.602. The molecule has 0 fully saturated rings. The van der Waals surface area contributed by atoms with Gasteiger partial charge in [-0.3, -0.25) is 0 Å². The van der Waals surface area contributed by atoms with Gasteiger partial charge in [0.1, 0.15) is 0 Å². The largest absolute Gasteiger partial charge is 0.396 e. The Morgan fingerprint density at radius 3 is 2.47 bits per heavy atom. The zero-order valence-corrected chi connectivity index (χ0v) is 10.0. The van der Waals surface area contributed by atoms with Gasteiger partial charge in [-0.1, -0.05) is 6.07 Å². The molecule has 0 aliphatic carbocycles. The quantitative estimate of drug-likeness (QED) is 0.788. The number of benzene rings is 1. The van der Waals surface area contributed by atoms with Crippen molar-refractivity contribution in [3.63, 3.8) is 0 Å². The highest BCUT2D eigenvalue weighted by atomic mass is 32.2. The molecular weight excluding hydrogens is 212 g/mol. The van der Waals surface area contributed by atoms with Gasteiger partial charge in [0.15, 0.2) is 9.84 Å². The minimum atomic E-state index is -3.25. The highest BCUT2D eigenvalue weighted by Gasteiger charge is 2.15. The summed E-state index contributed by atoms with van der Waals surface area (Å²) >= 11 is 0. The summed E-state index contributed by atoms with van der Waals surface area (Å²) in [4.78, 5) is 2.10. The second kappa shape index (κ2) is 4.10. The number of nitrogens with zero attached hydrogens (tertiary/aromatic N) is 1. The summed E-state index contributed by atoms with van der Waals surface area (Å²) in [6.45, 7) is 2.75. The first-order valence-corrected chi connectivity index (χ1v) is 6.56. The summed E-state index contributed by atoms with van der Waals surface area (Å²) in [5, 5.41) is 0. The van der Waals surface area contributed by atoms with Gasteiger partial charge in [0.25, 0.3) is 0 Å². The zero-order valence-electron chi connectivity index (χ0n) is 9.19. The van der Waals surface area contributed by atoms with E-state index in [1.54, 1.807) is 6.07 Å². The first-order valence-electron chi connectivity index (χ1n) is 4.67. The fourth-order valence-corrected chi connectivity index (χ4v) is 2.19. The minimum absolute atomic E-state index is 0.195. The van der Waals surface area contributed by atoms with E-state index in [-0.39, 0.29) is 4.90 Å². The van der Waals surface area contributed by atoms with Crippen LogP contribution in [0.15, 0.2) is 23.1 Å². The number of hydrogen-bond acceptors (Lipinski definition) is 4. The molecule has 0 amide bonds. The van der Waals surface area contributed by atoms with Crippen LogP contribution in [0.3, 0.4) is 0 Å². The predicted molar refractivity (Wildman–Crippen MR) is 62.9 cm³/mol. The Morgan fingerprint density at radius 2 is 2.00 bits per heavy atom. The highest BCUT2D eigenvalue weighted by Crippen LogP contribution is 2.28. The van der Waals surface area contributed by atoms with Crippen LogP contribution in [-0.2, 0) is 9.84 Å². The Labute approximate surface area is 90.6 Å². The van der Waals surface area contributed by atoms with Gasteiger partial charge < -0.3 is 10.6 Å². The Kier molecular flexibility index (Phi) is 3.24. The summed E-state index contributed by atoms with van der Waals surface area (Å²) in [6.07, 6.45) is 1.16. The van der Waals surface area contributed by atoms with E-state index in [2.05, 4.69) is 0 Å². The molecule has 0 saturated heterocycles. The molecule has 0 aliphatic heterocycles. The van der Waals surface area contributed by atoms with Crippen LogP contribution >= 0.6 is 0 Å². The molecule has 1 rings (SSSR count). The molecule has 0 saturated carbocycles. The normalized spacial score (nSPS) is 11.4. The average Bonchev–Trinajstić information content (AvgIpc) is 2.15. The number of rotatable bonds is 3. The standard InChI is InChI=1S/C10H16N2O2S/c1-4-12(2)8-6-5-7-9(10(8)11)15(3,13)14/h5-7H,4,11H2,1-3H3. The Hall–Kier alpha value is -1.23. The van der Waals surface area contributed by atoms with Gasteiger partial charge in [-0.25, -0.2) is 8.42 Å². The van der Waals surface area contributed by atoms with Crippen LogP contribution in [0.5, 0.6) is 0 Å². The third-order valence-corrected chi connectivity index (χ3v) is 3.48. The molecular formula is C10H16N2O2S. The van der Waals surface area contributed by atoms with Crippen LogP contribution in [0.4, 0.5) is 11.4 Å². The molecule has 5 heteroatoms. The van der Waals surface area contributed by atoms with Crippen molar-refractivity contribution in [1.29, 1.82) is 0 Å². The summed E-state index contributed by atoms with van der Waals surface area (Å²) in [7, 11) is -1.38. The SMILES string of the molecule is CCN(C)c1cccc(S(C)(=O)=O)c1N. The van der Waals surface area contributed by atoms with Gasteiger partial charge in [0.2, 0.25) is 0 Å². The monoisotopic (exact) mass is 228 g/mol. The smallest absolute Gasteiger partial charge is 0.177 e. The van der Waals surface area contributed by atoms with Gasteiger partial charge >= 0.3 is 0 Å². The molecule has 0 heterocycles. The lowest BCUT2D eigenvalue weighted by atomic mass is 10.2. The molecule has 0 bridgehead atoms. The summed E-state index contributed by atoms with van der Waals surface area (Å²) in [5.74, 6) is 0. The maximum atomic E-state index is 11.4. The Bertz CT molecular complexity index is 454. The minimum Gasteiger partial charge on any atom is -0.396 e. The topological polar surface area (TPSA) is 63.4 Å². The zero-order chi connectivity index (χ0) is 11.6. The Morgan fingerprint density at radius 1 is 1.40 bits per heavy atom. The van der Waals surface area contributed by atoms with E-state index in [0.717, 1.165) is 18.5 Å². The number of sulfone groups is 1. The van der Waals surface area contributed by atoms with Gasteiger partial charge in [-0.2, -0.15) is 0 Å². The van der Waals surface area contributed by atoms with Crippen molar-refractivity contribution in [2.45, 2.75) is 11.8 Å². The molecule has 1 aromatic rings. The molecule has 0 atom stereocenters. The van der Waals surface area contributed by atoms with E-state index in [1.807, 2.05) is 24.9 Å². The van der Waals surface area contributed by atoms with Crippen molar-refractivity contribution in [3.05, 3.63) is 18.2 Å². The molecule has 0 radical (unpaired) electrons. The highest BCUT2D eigenvalue weighted by molar-refractivity contribution is 7.90. The van der Waals surface area contributed by atoms with Crippen molar-refractivity contribution in [1.82, 2.24) is 0 Å². The van der Waals surface area contributed by atoms with Crippen molar-refractivity contribution >= 4 is 21.2 Å². The first kappa shape index (κ1) is 11.8. The van der Waals surface area contributed by atoms with Crippen LogP contribution in [0.2, 0.25) is 0 Å². The van der Waals surface area contributed by atoms with E-state index in [4.69, 9.17) is 5.73 Å². The number of nitrogens with two attached hydrogens (primary N) is 1. The molecule has 2 N–H and O–H groups in total. The van der Waals surface area contributed by atoms with E-state index in [9.17, 15) is 8.42 Å². The predicted octanol–water partition coefficient (Wildman–Crippen LogP) is 1.13. The van der Waals surface area contributed by atoms with Gasteiger partial charge in [-0.15, -0.1) is 0 Å². The molecule has 0 aromatic heterocycles. The molecule has 0 aliphatic rings. The van der Waals surface area contributed by atoms with Crippen LogP contribution in [0.25, 0.3) is 0 Å². The third-order valence-electron chi connectivity index (χ3n) is 2.33. The third kappa shape index (κ3) is 2.41. The van der Waals surface area contributed by atoms with E-state index < -0.39 is 9.84 Å². The summed E-state index contributed by atoms with van der Waals surface area (Å²) in [5.41, 5.74) is 6.90. The summed E-state index contributed by atoms with van der Waals surface area (Å²) in [6, 6.07) is 5.04. The maximum absolute atomic E-state index is 11.4. The van der Waals surface area contributed by atoms with Crippen molar-refractivity contribution in [2.75, 3.05) is 30.5 Å². The van der Waals surface area contributed by atoms with Crippen molar-refractivity contribution < 1.29 is 8.42 Å². The second-order valence-electron chi connectivity index (χ2n) is 3.48. The van der Waals surface area contributed by atoms with Crippen molar-refractivity contribution in [3.8, 4) is 0 Å². The molecule has 0 unspecified atom stereocenters. The molecule has 0 spiro atoms. The van der Waals surface area contributed by atoms with Crippen LogP contribution in [0.1, 0.15) is 6.92 Å². The number of anilines is 2. The summed E-state index contributed by atoms with van der Waals surface area (Å²) < 4.78 is 22.8. The van der Waals surface area contributed by atoms with Gasteiger partial charge in [-0.05, 0) is 19.1 Å². The number of para-hydroxylation sites is 1. The lowest BCUT2D eigenvalue weighted by Crippen LogP contribution is -2.18. The second-order valence-corrected chi connectivity index (χ2v) is 5.46. The fraction of sp³-hybridized carbons (Fsp3) is 0.400. The maximum Gasteiger partial charge on any atom is 0.177 e. The van der Waals surface area contributed by atoms with Crippen LogP contribution < -0.4 is 10.6 Å². The molecule has 84 valence electrons.